The second-order valence-corrected chi connectivity index (χ2v) is 6.54. The molecule has 0 saturated carbocycles. The molecule has 1 amide bonds. The first kappa shape index (κ1) is 20.9. The number of allylic oxidation sites excluding steroid dienone is 1. The number of nitrogens with one attached hydrogen (secondary N) is 1. The van der Waals surface area contributed by atoms with Crippen LogP contribution in [0.1, 0.15) is 37.3 Å². The van der Waals surface area contributed by atoms with Gasteiger partial charge < -0.3 is 11.1 Å². The van der Waals surface area contributed by atoms with Crippen LogP contribution in [0.25, 0.3) is 5.57 Å². The van der Waals surface area contributed by atoms with Gasteiger partial charge in [-0.1, -0.05) is 41.4 Å². The largest absolute Gasteiger partial charge is 0.398 e. The number of carbonyl (C=O) groups excluding carboxylic acids is 1. The van der Waals surface area contributed by atoms with Gasteiger partial charge in [0, 0.05) is 34.7 Å². The van der Waals surface area contributed by atoms with Crippen LogP contribution < -0.4 is 11.1 Å². The van der Waals surface area contributed by atoms with Crippen molar-refractivity contribution in [3.05, 3.63) is 64.4 Å². The normalized spacial score (nSPS) is 10.6. The van der Waals surface area contributed by atoms with E-state index in [-0.39, 0.29) is 0 Å². The van der Waals surface area contributed by atoms with Gasteiger partial charge in [0.15, 0.2) is 0 Å². The van der Waals surface area contributed by atoms with Crippen molar-refractivity contribution in [2.75, 3.05) is 12.3 Å². The van der Waals surface area contributed by atoms with Crippen LogP contribution in [-0.2, 0) is 4.79 Å². The molecule has 5 heteroatoms. The summed E-state index contributed by atoms with van der Waals surface area (Å²) in [6, 6.07) is 9.80. The van der Waals surface area contributed by atoms with Crippen molar-refractivity contribution in [1.82, 2.24) is 10.3 Å². The summed E-state index contributed by atoms with van der Waals surface area (Å²) in [5.74, 6) is 0. The van der Waals surface area contributed by atoms with Crippen LogP contribution in [0, 0.1) is 6.92 Å². The molecule has 0 spiro atoms. The summed E-state index contributed by atoms with van der Waals surface area (Å²) >= 11 is 3.46. The van der Waals surface area contributed by atoms with Gasteiger partial charge in [-0.2, -0.15) is 0 Å². The van der Waals surface area contributed by atoms with Crippen molar-refractivity contribution in [3.8, 4) is 0 Å². The predicted molar refractivity (Wildman–Crippen MR) is 109 cm³/mol. The Labute approximate surface area is 158 Å². The number of nitrogens with zero attached hydrogens (tertiary/aromatic N) is 1. The number of benzene rings is 1. The Morgan fingerprint density at radius 2 is 2.16 bits per heavy atom. The lowest BCUT2D eigenvalue weighted by Gasteiger charge is -2.11. The maximum Gasteiger partial charge on any atom is 0.207 e. The minimum absolute atomic E-state index is 0.536. The van der Waals surface area contributed by atoms with Crippen molar-refractivity contribution in [3.63, 3.8) is 0 Å². The van der Waals surface area contributed by atoms with Gasteiger partial charge in [-0.05, 0) is 55.2 Å². The standard InChI is InChI=1S/C14H19BrN2O.C6H7N/c1-2-3-4-11(7-8-17-10-18)13-9-12(15)5-6-14(13)16;1-6-3-2-4-7-5-6/h5-7,9-10H,2-4,8,16H2,1H3,(H,17,18);2-5H,1H3/b11-7+;. The lowest BCUT2D eigenvalue weighted by molar-refractivity contribution is -0.109. The zero-order valence-electron chi connectivity index (χ0n) is 14.8. The Bertz CT molecular complexity index is 672. The first-order valence-electron chi connectivity index (χ1n) is 8.36. The molecule has 0 aliphatic carbocycles. The van der Waals surface area contributed by atoms with Crippen LogP contribution in [0.2, 0.25) is 0 Å². The Kier molecular flexibility index (Phi) is 10.2. The summed E-state index contributed by atoms with van der Waals surface area (Å²) in [6.45, 7) is 4.72. The van der Waals surface area contributed by atoms with Gasteiger partial charge in [0.1, 0.15) is 0 Å². The highest BCUT2D eigenvalue weighted by Crippen LogP contribution is 2.28. The number of pyridine rings is 1. The summed E-state index contributed by atoms with van der Waals surface area (Å²) in [4.78, 5) is 14.2. The molecule has 0 fully saturated rings. The molecule has 0 atom stereocenters. The van der Waals surface area contributed by atoms with E-state index in [9.17, 15) is 4.79 Å². The van der Waals surface area contributed by atoms with Crippen LogP contribution in [0.3, 0.4) is 0 Å². The topological polar surface area (TPSA) is 68.0 Å². The molecule has 134 valence electrons. The fourth-order valence-electron chi connectivity index (χ4n) is 2.20. The summed E-state index contributed by atoms with van der Waals surface area (Å²) in [6.07, 6.45) is 9.55. The van der Waals surface area contributed by atoms with Crippen molar-refractivity contribution < 1.29 is 4.79 Å². The molecule has 4 nitrogen and oxygen atoms in total. The number of hydrogen-bond donors (Lipinski definition) is 2. The molecule has 0 radical (unpaired) electrons. The van der Waals surface area contributed by atoms with Gasteiger partial charge in [-0.15, -0.1) is 0 Å². The number of nitrogens with two attached hydrogens (primary N) is 1. The molecule has 3 N–H and O–H groups in total. The summed E-state index contributed by atoms with van der Waals surface area (Å²) in [5, 5.41) is 2.65. The van der Waals surface area contributed by atoms with Crippen molar-refractivity contribution >= 4 is 33.6 Å². The lowest BCUT2D eigenvalue weighted by atomic mass is 9.98. The summed E-state index contributed by atoms with van der Waals surface area (Å²) in [5.41, 5.74) is 10.2. The van der Waals surface area contributed by atoms with E-state index in [0.29, 0.717) is 13.0 Å². The van der Waals surface area contributed by atoms with E-state index < -0.39 is 0 Å². The highest BCUT2D eigenvalue weighted by atomic mass is 79.9. The molecule has 2 aromatic rings. The molecule has 1 aromatic heterocycles. The second-order valence-electron chi connectivity index (χ2n) is 5.62. The quantitative estimate of drug-likeness (QED) is 0.398. The molecule has 25 heavy (non-hydrogen) atoms. The smallest absolute Gasteiger partial charge is 0.207 e. The van der Waals surface area contributed by atoms with Crippen LogP contribution in [0.15, 0.2) is 53.3 Å². The number of amides is 1. The number of rotatable bonds is 7. The Balaban J connectivity index is 0.000000370. The molecule has 2 rings (SSSR count). The molecule has 0 aliphatic heterocycles. The van der Waals surface area contributed by atoms with E-state index in [4.69, 9.17) is 5.73 Å². The van der Waals surface area contributed by atoms with E-state index in [1.807, 2.05) is 49.5 Å². The fourth-order valence-corrected chi connectivity index (χ4v) is 2.56. The average molecular weight is 404 g/mol. The molecule has 0 saturated heterocycles. The second kappa shape index (κ2) is 12.3. The Morgan fingerprint density at radius 3 is 2.72 bits per heavy atom. The number of hydrogen-bond acceptors (Lipinski definition) is 3. The Morgan fingerprint density at radius 1 is 1.36 bits per heavy atom. The van der Waals surface area contributed by atoms with Gasteiger partial charge in [0.2, 0.25) is 6.41 Å². The summed E-state index contributed by atoms with van der Waals surface area (Å²) < 4.78 is 1.01. The zero-order chi connectivity index (χ0) is 18.5. The molecule has 1 heterocycles. The van der Waals surface area contributed by atoms with E-state index in [2.05, 4.69) is 33.2 Å². The third-order valence-corrected chi connectivity index (χ3v) is 4.01. The van der Waals surface area contributed by atoms with Gasteiger partial charge in [-0.3, -0.25) is 9.78 Å². The monoisotopic (exact) mass is 403 g/mol. The number of halogens is 1. The molecule has 0 aliphatic rings. The van der Waals surface area contributed by atoms with Gasteiger partial charge in [0.25, 0.3) is 0 Å². The van der Waals surface area contributed by atoms with Crippen LogP contribution >= 0.6 is 15.9 Å². The van der Waals surface area contributed by atoms with E-state index in [1.54, 1.807) is 6.20 Å². The van der Waals surface area contributed by atoms with Crippen LogP contribution in [-0.4, -0.2) is 17.9 Å². The van der Waals surface area contributed by atoms with Crippen molar-refractivity contribution in [1.29, 1.82) is 0 Å². The van der Waals surface area contributed by atoms with E-state index in [0.717, 1.165) is 35.0 Å². The molecular weight excluding hydrogens is 378 g/mol. The number of aryl methyl sites for hydroxylation is 1. The number of aromatic nitrogens is 1. The third kappa shape index (κ3) is 8.49. The van der Waals surface area contributed by atoms with Gasteiger partial charge >= 0.3 is 0 Å². The highest BCUT2D eigenvalue weighted by Gasteiger charge is 2.06. The molecule has 1 aromatic carbocycles. The fraction of sp³-hybridized carbons (Fsp3) is 0.300. The number of nitrogen functional groups attached to an aromatic ring is 1. The zero-order valence-corrected chi connectivity index (χ0v) is 16.4. The third-order valence-electron chi connectivity index (χ3n) is 3.52. The first-order chi connectivity index (χ1) is 12.1. The molecule has 0 unspecified atom stereocenters. The van der Waals surface area contributed by atoms with Crippen LogP contribution in [0.4, 0.5) is 5.69 Å². The summed E-state index contributed by atoms with van der Waals surface area (Å²) in [7, 11) is 0. The van der Waals surface area contributed by atoms with E-state index >= 15 is 0 Å². The molecular formula is C20H26BrN3O. The Hall–Kier alpha value is -2.14. The predicted octanol–water partition coefficient (Wildman–Crippen LogP) is 4.74. The van der Waals surface area contributed by atoms with Gasteiger partial charge in [-0.25, -0.2) is 0 Å². The van der Waals surface area contributed by atoms with Crippen molar-refractivity contribution in [2.24, 2.45) is 0 Å². The van der Waals surface area contributed by atoms with E-state index in [1.165, 1.54) is 11.1 Å². The van der Waals surface area contributed by atoms with Crippen molar-refractivity contribution in [2.45, 2.75) is 33.1 Å². The number of carbonyl (C=O) groups is 1. The first-order valence-corrected chi connectivity index (χ1v) is 9.15. The highest BCUT2D eigenvalue weighted by molar-refractivity contribution is 9.10. The maximum atomic E-state index is 10.3. The number of unbranched alkanes of at least 4 members (excludes halogenated alkanes) is 1. The average Bonchev–Trinajstić information content (AvgIpc) is 2.61. The maximum absolute atomic E-state index is 10.3. The minimum atomic E-state index is 0.536. The molecule has 0 bridgehead atoms. The lowest BCUT2D eigenvalue weighted by Crippen LogP contribution is -2.10. The SMILES string of the molecule is CCCC/C(=C\CNC=O)c1cc(Br)ccc1N.Cc1cccnc1. The number of anilines is 1. The van der Waals surface area contributed by atoms with Gasteiger partial charge in [0.05, 0.1) is 0 Å². The van der Waals surface area contributed by atoms with Crippen LogP contribution in [0.5, 0.6) is 0 Å². The minimum Gasteiger partial charge on any atom is -0.398 e.